The summed E-state index contributed by atoms with van der Waals surface area (Å²) in [6.07, 6.45) is 6.66. The summed E-state index contributed by atoms with van der Waals surface area (Å²) < 4.78 is 6.77. The van der Waals surface area contributed by atoms with Crippen LogP contribution in [0.2, 0.25) is 0 Å². The van der Waals surface area contributed by atoms with E-state index in [4.69, 9.17) is 4.42 Å². The highest BCUT2D eigenvalue weighted by Gasteiger charge is 2.20. The lowest BCUT2D eigenvalue weighted by Crippen LogP contribution is -2.19. The molecule has 0 aliphatic carbocycles. The van der Waals surface area contributed by atoms with Crippen LogP contribution in [0.5, 0.6) is 0 Å². The van der Waals surface area contributed by atoms with Gasteiger partial charge < -0.3 is 9.73 Å². The lowest BCUT2D eigenvalue weighted by molar-refractivity contribution is -0.111. The SMILES string of the molecule is CSc1ccc(NC(=O)/C(=C/c2ccco2)n2nnnc2-c2ccccc2)cn1. The van der Waals surface area contributed by atoms with Crippen LogP contribution >= 0.6 is 11.8 Å². The van der Waals surface area contributed by atoms with Gasteiger partial charge in [-0.1, -0.05) is 30.3 Å². The minimum atomic E-state index is -0.399. The third kappa shape index (κ3) is 4.25. The topological polar surface area (TPSA) is 98.7 Å². The second kappa shape index (κ2) is 8.53. The van der Waals surface area contributed by atoms with Gasteiger partial charge in [0.15, 0.2) is 5.82 Å². The molecule has 0 atom stereocenters. The number of rotatable bonds is 6. The predicted molar refractivity (Wildman–Crippen MR) is 111 cm³/mol. The van der Waals surface area contributed by atoms with Crippen LogP contribution in [0.1, 0.15) is 5.76 Å². The number of nitrogens with zero attached hydrogens (tertiary/aromatic N) is 5. The zero-order valence-electron chi connectivity index (χ0n) is 15.4. The molecule has 9 heteroatoms. The first kappa shape index (κ1) is 18.6. The zero-order chi connectivity index (χ0) is 20.1. The van der Waals surface area contributed by atoms with Crippen molar-refractivity contribution in [1.82, 2.24) is 25.2 Å². The highest BCUT2D eigenvalue weighted by atomic mass is 32.2. The van der Waals surface area contributed by atoms with Crippen LogP contribution in [0.25, 0.3) is 23.2 Å². The molecule has 1 N–H and O–H groups in total. The maximum absolute atomic E-state index is 13.1. The number of pyridine rings is 1. The summed E-state index contributed by atoms with van der Waals surface area (Å²) in [5, 5.41) is 15.6. The van der Waals surface area contributed by atoms with Crippen LogP contribution in [-0.4, -0.2) is 37.4 Å². The summed E-state index contributed by atoms with van der Waals surface area (Å²) in [4.78, 5) is 17.4. The number of amides is 1. The van der Waals surface area contributed by atoms with E-state index in [2.05, 4.69) is 25.8 Å². The normalized spacial score (nSPS) is 11.4. The van der Waals surface area contributed by atoms with Crippen molar-refractivity contribution in [3.8, 4) is 11.4 Å². The van der Waals surface area contributed by atoms with Crippen LogP contribution in [0.15, 0.2) is 76.5 Å². The Hall–Kier alpha value is -3.72. The number of anilines is 1. The lowest BCUT2D eigenvalue weighted by Gasteiger charge is -2.10. The second-order valence-corrected chi connectivity index (χ2v) is 6.70. The van der Waals surface area contributed by atoms with Crippen molar-refractivity contribution in [2.24, 2.45) is 0 Å². The van der Waals surface area contributed by atoms with Crippen molar-refractivity contribution in [1.29, 1.82) is 0 Å². The summed E-state index contributed by atoms with van der Waals surface area (Å²) in [5.74, 6) is 0.541. The van der Waals surface area contributed by atoms with Crippen LogP contribution in [0, 0.1) is 0 Å². The Morgan fingerprint density at radius 2 is 2.00 bits per heavy atom. The molecule has 1 amide bonds. The molecule has 3 heterocycles. The fourth-order valence-electron chi connectivity index (χ4n) is 2.62. The lowest BCUT2D eigenvalue weighted by atomic mass is 10.2. The van der Waals surface area contributed by atoms with Crippen molar-refractivity contribution in [2.75, 3.05) is 11.6 Å². The van der Waals surface area contributed by atoms with E-state index in [0.717, 1.165) is 10.6 Å². The Kier molecular flexibility index (Phi) is 5.48. The highest BCUT2D eigenvalue weighted by Crippen LogP contribution is 2.22. The molecular formula is C20H16N6O2S. The van der Waals surface area contributed by atoms with E-state index in [1.54, 1.807) is 30.5 Å². The Morgan fingerprint density at radius 1 is 1.14 bits per heavy atom. The van der Waals surface area contributed by atoms with Crippen molar-refractivity contribution < 1.29 is 9.21 Å². The maximum atomic E-state index is 13.1. The first-order valence-electron chi connectivity index (χ1n) is 8.65. The molecule has 4 rings (SSSR count). The second-order valence-electron chi connectivity index (χ2n) is 5.87. The predicted octanol–water partition coefficient (Wildman–Crippen LogP) is 3.69. The first-order chi connectivity index (χ1) is 14.2. The number of carbonyl (C=O) groups excluding carboxylic acids is 1. The van der Waals surface area contributed by atoms with Crippen LogP contribution in [0.4, 0.5) is 5.69 Å². The number of carbonyl (C=O) groups is 1. The number of aromatic nitrogens is 5. The standard InChI is InChI=1S/C20H16N6O2S/c1-29-18-10-9-15(13-21-18)22-20(27)17(12-16-8-5-11-28-16)26-19(23-24-25-26)14-6-3-2-4-7-14/h2-13H,1H3,(H,22,27)/b17-12-. The van der Waals surface area contributed by atoms with Gasteiger partial charge in [0.05, 0.1) is 23.2 Å². The Balaban J connectivity index is 1.72. The minimum absolute atomic E-state index is 0.206. The molecule has 1 aromatic carbocycles. The van der Waals surface area contributed by atoms with E-state index in [1.807, 2.05) is 42.7 Å². The third-order valence-corrected chi connectivity index (χ3v) is 4.65. The van der Waals surface area contributed by atoms with Gasteiger partial charge in [-0.05, 0) is 40.9 Å². The van der Waals surface area contributed by atoms with Crippen LogP contribution < -0.4 is 5.32 Å². The third-order valence-electron chi connectivity index (χ3n) is 3.99. The van der Waals surface area contributed by atoms with Crippen molar-refractivity contribution in [2.45, 2.75) is 5.03 Å². The molecule has 0 aliphatic rings. The summed E-state index contributed by atoms with van der Waals surface area (Å²) in [6.45, 7) is 0. The molecule has 3 aromatic heterocycles. The average molecular weight is 404 g/mol. The van der Waals surface area contributed by atoms with Gasteiger partial charge in [0.2, 0.25) is 0 Å². The average Bonchev–Trinajstić information content (AvgIpc) is 3.45. The highest BCUT2D eigenvalue weighted by molar-refractivity contribution is 7.98. The molecule has 0 saturated heterocycles. The number of benzene rings is 1. The minimum Gasteiger partial charge on any atom is -0.465 e. The summed E-state index contributed by atoms with van der Waals surface area (Å²) in [7, 11) is 0. The van der Waals surface area contributed by atoms with Crippen LogP contribution in [0.3, 0.4) is 0 Å². The molecule has 0 spiro atoms. The van der Waals surface area contributed by atoms with Gasteiger partial charge in [-0.3, -0.25) is 4.79 Å². The van der Waals surface area contributed by atoms with Gasteiger partial charge in [-0.25, -0.2) is 4.98 Å². The number of furan rings is 1. The number of nitrogens with one attached hydrogen (secondary N) is 1. The van der Waals surface area contributed by atoms with E-state index in [0.29, 0.717) is 17.3 Å². The zero-order valence-corrected chi connectivity index (χ0v) is 16.2. The monoisotopic (exact) mass is 404 g/mol. The molecule has 0 bridgehead atoms. The van der Waals surface area contributed by atoms with Gasteiger partial charge in [-0.2, -0.15) is 4.68 Å². The van der Waals surface area contributed by atoms with E-state index < -0.39 is 5.91 Å². The molecule has 4 aromatic rings. The number of hydrogen-bond donors (Lipinski definition) is 1. The fourth-order valence-corrected chi connectivity index (χ4v) is 2.98. The Bertz CT molecular complexity index is 1120. The summed E-state index contributed by atoms with van der Waals surface area (Å²) in [5.41, 5.74) is 1.55. The number of hydrogen-bond acceptors (Lipinski definition) is 7. The molecular weight excluding hydrogens is 388 g/mol. The quantitative estimate of drug-likeness (QED) is 0.386. The van der Waals surface area contributed by atoms with Gasteiger partial charge >= 0.3 is 0 Å². The summed E-state index contributed by atoms with van der Waals surface area (Å²) >= 11 is 1.52. The molecule has 0 aliphatic heterocycles. The van der Waals surface area contributed by atoms with Crippen LogP contribution in [-0.2, 0) is 4.79 Å². The Labute approximate surface area is 170 Å². The van der Waals surface area contributed by atoms with E-state index >= 15 is 0 Å². The van der Waals surface area contributed by atoms with E-state index in [-0.39, 0.29) is 5.70 Å². The molecule has 144 valence electrons. The van der Waals surface area contributed by atoms with Crippen molar-refractivity contribution >= 4 is 35.1 Å². The molecule has 8 nitrogen and oxygen atoms in total. The van der Waals surface area contributed by atoms with Crippen molar-refractivity contribution in [3.63, 3.8) is 0 Å². The molecule has 29 heavy (non-hydrogen) atoms. The van der Waals surface area contributed by atoms with E-state index in [1.165, 1.54) is 22.7 Å². The van der Waals surface area contributed by atoms with Gasteiger partial charge in [0, 0.05) is 11.6 Å². The van der Waals surface area contributed by atoms with Gasteiger partial charge in [0.25, 0.3) is 5.91 Å². The maximum Gasteiger partial charge on any atom is 0.274 e. The fraction of sp³-hybridized carbons (Fsp3) is 0.0500. The molecule has 0 saturated carbocycles. The van der Waals surface area contributed by atoms with Gasteiger partial charge in [0.1, 0.15) is 11.5 Å². The van der Waals surface area contributed by atoms with E-state index in [9.17, 15) is 4.79 Å². The summed E-state index contributed by atoms with van der Waals surface area (Å²) in [6, 6.07) is 16.5. The number of tetrazole rings is 1. The first-order valence-corrected chi connectivity index (χ1v) is 9.88. The number of thioether (sulfide) groups is 1. The Morgan fingerprint density at radius 3 is 2.69 bits per heavy atom. The van der Waals surface area contributed by atoms with Crippen molar-refractivity contribution in [3.05, 3.63) is 72.8 Å². The largest absolute Gasteiger partial charge is 0.465 e. The molecule has 0 radical (unpaired) electrons. The molecule has 0 unspecified atom stereocenters. The smallest absolute Gasteiger partial charge is 0.274 e. The van der Waals surface area contributed by atoms with Gasteiger partial charge in [-0.15, -0.1) is 16.9 Å². The molecule has 0 fully saturated rings.